The maximum Gasteiger partial charge on any atom is 0.166 e. The van der Waals surface area contributed by atoms with Gasteiger partial charge in [-0.05, 0) is 80.4 Å². The molecule has 188 valence electrons. The summed E-state index contributed by atoms with van der Waals surface area (Å²) in [5, 5.41) is 20.2. The number of aromatic hydroxyl groups is 2. The number of phenolic OH excluding ortho intramolecular Hbond substituents is 2. The Morgan fingerprint density at radius 1 is 1.14 bits per heavy atom. The summed E-state index contributed by atoms with van der Waals surface area (Å²) in [4.78, 5) is 6.94. The Morgan fingerprint density at radius 3 is 2.69 bits per heavy atom. The highest BCUT2D eigenvalue weighted by molar-refractivity contribution is 5.95. The van der Waals surface area contributed by atoms with Crippen molar-refractivity contribution in [3.63, 3.8) is 0 Å². The smallest absolute Gasteiger partial charge is 0.166 e. The molecule has 2 aliphatic rings. The van der Waals surface area contributed by atoms with Gasteiger partial charge in [0.25, 0.3) is 0 Å². The molecule has 3 aromatic rings. The molecular weight excluding hydrogens is 459 g/mol. The average molecular weight is 491 g/mol. The van der Waals surface area contributed by atoms with Gasteiger partial charge in [-0.1, -0.05) is 12.1 Å². The number of hydrogen-bond acceptors (Lipinski definition) is 6. The predicted octanol–water partition coefficient (Wildman–Crippen LogP) is 5.62. The topological polar surface area (TPSA) is 75.1 Å². The van der Waals surface area contributed by atoms with Gasteiger partial charge >= 0.3 is 0 Å². The number of pyridine rings is 1. The van der Waals surface area contributed by atoms with Gasteiger partial charge in [0.1, 0.15) is 29.6 Å². The summed E-state index contributed by atoms with van der Waals surface area (Å²) in [6, 6.07) is 16.1. The van der Waals surface area contributed by atoms with Crippen molar-refractivity contribution >= 4 is 11.1 Å². The number of halogens is 1. The van der Waals surface area contributed by atoms with Crippen LogP contribution >= 0.6 is 0 Å². The molecule has 2 N–H and O–H groups in total. The lowest BCUT2D eigenvalue weighted by Crippen LogP contribution is -2.35. The highest BCUT2D eigenvalue weighted by Crippen LogP contribution is 2.47. The monoisotopic (exact) mass is 490 g/mol. The van der Waals surface area contributed by atoms with Crippen molar-refractivity contribution in [2.24, 2.45) is 5.92 Å². The quantitative estimate of drug-likeness (QED) is 0.448. The van der Waals surface area contributed by atoms with Gasteiger partial charge in [0.05, 0.1) is 18.6 Å². The maximum absolute atomic E-state index is 13.0. The van der Waals surface area contributed by atoms with Gasteiger partial charge in [0.15, 0.2) is 6.10 Å². The number of nitrogens with zero attached hydrogens (tertiary/aromatic N) is 2. The molecule has 0 bridgehead atoms. The van der Waals surface area contributed by atoms with E-state index in [1.807, 2.05) is 25.1 Å². The summed E-state index contributed by atoms with van der Waals surface area (Å²) < 4.78 is 25.3. The molecule has 2 aromatic carbocycles. The highest BCUT2D eigenvalue weighted by Gasteiger charge is 2.31. The van der Waals surface area contributed by atoms with E-state index in [0.29, 0.717) is 23.8 Å². The molecule has 0 aliphatic carbocycles. The second kappa shape index (κ2) is 10.2. The van der Waals surface area contributed by atoms with E-state index in [-0.39, 0.29) is 30.1 Å². The Morgan fingerprint density at radius 2 is 1.97 bits per heavy atom. The van der Waals surface area contributed by atoms with Crippen LogP contribution in [0.2, 0.25) is 0 Å². The van der Waals surface area contributed by atoms with Gasteiger partial charge in [0.2, 0.25) is 0 Å². The number of phenols is 2. The summed E-state index contributed by atoms with van der Waals surface area (Å²) in [7, 11) is 0. The number of likely N-dealkylation sites (tertiary alicyclic amines) is 1. The summed E-state index contributed by atoms with van der Waals surface area (Å²) >= 11 is 0. The molecule has 0 radical (unpaired) electrons. The third-order valence-corrected chi connectivity index (χ3v) is 7.11. The highest BCUT2D eigenvalue weighted by atomic mass is 19.1. The molecule has 2 aliphatic heterocycles. The molecule has 5 rings (SSSR count). The predicted molar refractivity (Wildman–Crippen MR) is 137 cm³/mol. The Bertz CT molecular complexity index is 1260. The molecular formula is C29H31FN2O4. The minimum Gasteiger partial charge on any atom is -0.508 e. The van der Waals surface area contributed by atoms with Crippen molar-refractivity contribution in [1.29, 1.82) is 0 Å². The Balaban J connectivity index is 1.38. The largest absolute Gasteiger partial charge is 0.508 e. The minimum absolute atomic E-state index is 0.134. The molecule has 3 heterocycles. The zero-order valence-electron chi connectivity index (χ0n) is 20.5. The zero-order valence-corrected chi connectivity index (χ0v) is 20.5. The van der Waals surface area contributed by atoms with E-state index < -0.39 is 6.10 Å². The number of allylic oxidation sites excluding steroid dienone is 1. The van der Waals surface area contributed by atoms with Crippen LogP contribution in [0.3, 0.4) is 0 Å². The molecule has 0 saturated carbocycles. The van der Waals surface area contributed by atoms with E-state index in [1.54, 1.807) is 42.6 Å². The summed E-state index contributed by atoms with van der Waals surface area (Å²) in [5.74, 6) is 1.78. The molecule has 1 aromatic heterocycles. The molecule has 1 fully saturated rings. The molecule has 1 saturated heterocycles. The molecule has 6 nitrogen and oxygen atoms in total. The van der Waals surface area contributed by atoms with E-state index in [0.717, 1.165) is 41.8 Å². The number of aromatic nitrogens is 1. The lowest BCUT2D eigenvalue weighted by molar-refractivity contribution is 0.165. The first-order chi connectivity index (χ1) is 17.4. The molecule has 36 heavy (non-hydrogen) atoms. The number of fused-ring (bicyclic) bond motifs is 1. The fraction of sp³-hybridized carbons (Fsp3) is 0.345. The lowest BCUT2D eigenvalue weighted by Gasteiger charge is -2.30. The third kappa shape index (κ3) is 4.88. The molecule has 0 spiro atoms. The van der Waals surface area contributed by atoms with Crippen LogP contribution in [0.15, 0.2) is 60.8 Å². The number of benzene rings is 2. The van der Waals surface area contributed by atoms with E-state index >= 15 is 0 Å². The first kappa shape index (κ1) is 24.1. The number of ether oxygens (including phenoxy) is 2. The van der Waals surface area contributed by atoms with E-state index in [4.69, 9.17) is 9.47 Å². The van der Waals surface area contributed by atoms with E-state index in [1.165, 1.54) is 0 Å². The van der Waals surface area contributed by atoms with Gasteiger partial charge < -0.3 is 19.7 Å². The lowest BCUT2D eigenvalue weighted by atomic mass is 9.87. The number of rotatable bonds is 7. The van der Waals surface area contributed by atoms with Gasteiger partial charge in [-0.2, -0.15) is 0 Å². The van der Waals surface area contributed by atoms with Crippen molar-refractivity contribution in [2.45, 2.75) is 32.4 Å². The third-order valence-electron chi connectivity index (χ3n) is 7.11. The number of hydrogen-bond donors (Lipinski definition) is 2. The van der Waals surface area contributed by atoms with Crippen LogP contribution in [0, 0.1) is 5.92 Å². The van der Waals surface area contributed by atoms with Crippen molar-refractivity contribution in [3.05, 3.63) is 77.6 Å². The van der Waals surface area contributed by atoms with Gasteiger partial charge in [-0.15, -0.1) is 0 Å². The van der Waals surface area contributed by atoms with Crippen LogP contribution < -0.4 is 9.47 Å². The standard InChI is InChI=1S/C29H31FN2O4/c1-18(32-11-10-20(14-30)16-32)17-35-24-7-8-26(31-15-24)29-28(21-4-3-5-22(33)12-21)19(2)25-13-23(34)6-9-27(25)36-29/h3-9,12-13,15,18,20,29,33-34H,10-11,14,16-17H2,1-2H3. The van der Waals surface area contributed by atoms with E-state index in [9.17, 15) is 14.6 Å². The molecule has 3 atom stereocenters. The van der Waals surface area contributed by atoms with Crippen LogP contribution in [0.4, 0.5) is 4.39 Å². The minimum atomic E-state index is -0.501. The van der Waals surface area contributed by atoms with Crippen molar-refractivity contribution < 1.29 is 24.1 Å². The fourth-order valence-corrected chi connectivity index (χ4v) is 5.03. The summed E-state index contributed by atoms with van der Waals surface area (Å²) in [6.45, 7) is 6.01. The van der Waals surface area contributed by atoms with Crippen molar-refractivity contribution in [2.75, 3.05) is 26.4 Å². The van der Waals surface area contributed by atoms with E-state index in [2.05, 4.69) is 16.8 Å². The Kier molecular flexibility index (Phi) is 6.83. The fourth-order valence-electron chi connectivity index (χ4n) is 5.03. The first-order valence-corrected chi connectivity index (χ1v) is 12.3. The van der Waals surface area contributed by atoms with Gasteiger partial charge in [-0.25, -0.2) is 0 Å². The Hall–Kier alpha value is -3.58. The normalized spacial score (nSPS) is 20.6. The first-order valence-electron chi connectivity index (χ1n) is 12.3. The van der Waals surface area contributed by atoms with Crippen LogP contribution in [-0.4, -0.2) is 52.5 Å². The molecule has 3 unspecified atom stereocenters. The Labute approximate surface area is 210 Å². The van der Waals surface area contributed by atoms with Gasteiger partial charge in [0, 0.05) is 29.6 Å². The van der Waals surface area contributed by atoms with Crippen molar-refractivity contribution in [1.82, 2.24) is 9.88 Å². The second-order valence-corrected chi connectivity index (χ2v) is 9.65. The van der Waals surface area contributed by atoms with Crippen LogP contribution in [0.5, 0.6) is 23.0 Å². The van der Waals surface area contributed by atoms with Crippen molar-refractivity contribution in [3.8, 4) is 23.0 Å². The summed E-state index contributed by atoms with van der Waals surface area (Å²) in [5.41, 5.74) is 4.14. The van der Waals surface area contributed by atoms with Crippen LogP contribution in [-0.2, 0) is 0 Å². The second-order valence-electron chi connectivity index (χ2n) is 9.65. The average Bonchev–Trinajstić information content (AvgIpc) is 3.37. The van der Waals surface area contributed by atoms with Gasteiger partial charge in [-0.3, -0.25) is 14.3 Å². The SMILES string of the molecule is CC1=C(c2cccc(O)c2)C(c2ccc(OCC(C)N3CCC(CF)C3)cn2)Oc2ccc(O)cc21. The molecule has 0 amide bonds. The number of alkyl halides is 1. The van der Waals surface area contributed by atoms with Crippen LogP contribution in [0.25, 0.3) is 11.1 Å². The molecule has 7 heteroatoms. The summed E-state index contributed by atoms with van der Waals surface area (Å²) in [6.07, 6.45) is 2.09. The maximum atomic E-state index is 13.0. The van der Waals surface area contributed by atoms with Crippen LogP contribution in [0.1, 0.15) is 43.2 Å². The zero-order chi connectivity index (χ0) is 25.2.